The van der Waals surface area contributed by atoms with E-state index in [4.69, 9.17) is 4.74 Å². The highest BCUT2D eigenvalue weighted by Gasteiger charge is 2.27. The van der Waals surface area contributed by atoms with E-state index in [0.29, 0.717) is 11.3 Å². The van der Waals surface area contributed by atoms with E-state index in [0.717, 1.165) is 6.26 Å². The van der Waals surface area contributed by atoms with Gasteiger partial charge in [0, 0.05) is 17.3 Å². The van der Waals surface area contributed by atoms with Gasteiger partial charge in [-0.1, -0.05) is 12.1 Å². The minimum absolute atomic E-state index is 0.213. The molecule has 0 aliphatic carbocycles. The Morgan fingerprint density at radius 3 is 2.31 bits per heavy atom. The molecule has 0 heterocycles. The molecule has 0 fully saturated rings. The van der Waals surface area contributed by atoms with E-state index in [-0.39, 0.29) is 23.6 Å². The molecule has 0 bridgehead atoms. The van der Waals surface area contributed by atoms with Crippen LogP contribution >= 0.6 is 0 Å². The summed E-state index contributed by atoms with van der Waals surface area (Å²) in [5.41, 5.74) is 1.35. The summed E-state index contributed by atoms with van der Waals surface area (Å²) in [5.74, 6) is -0.246. The second kappa shape index (κ2) is 9.14. The van der Waals surface area contributed by atoms with Crippen LogP contribution in [-0.2, 0) is 21.4 Å². The van der Waals surface area contributed by atoms with Crippen LogP contribution in [0.3, 0.4) is 0 Å². The van der Waals surface area contributed by atoms with Gasteiger partial charge in [-0.25, -0.2) is 8.42 Å². The van der Waals surface area contributed by atoms with Gasteiger partial charge in [0.25, 0.3) is 5.91 Å². The van der Waals surface area contributed by atoms with Crippen molar-refractivity contribution >= 4 is 27.3 Å². The largest absolute Gasteiger partial charge is 0.494 e. The summed E-state index contributed by atoms with van der Waals surface area (Å²) in [5, 5.41) is 2.63. The number of ether oxygens (including phenoxy) is 2. The van der Waals surface area contributed by atoms with Crippen molar-refractivity contribution in [2.75, 3.05) is 30.0 Å². The molecule has 29 heavy (non-hydrogen) atoms. The maximum absolute atomic E-state index is 12.3. The Morgan fingerprint density at radius 1 is 1.10 bits per heavy atom. The first-order valence-electron chi connectivity index (χ1n) is 8.17. The maximum atomic E-state index is 12.3. The van der Waals surface area contributed by atoms with E-state index >= 15 is 0 Å². The van der Waals surface area contributed by atoms with Gasteiger partial charge in [-0.05, 0) is 29.8 Å². The molecule has 0 aliphatic heterocycles. The lowest BCUT2D eigenvalue weighted by molar-refractivity contribution is -0.176. The van der Waals surface area contributed by atoms with Crippen LogP contribution < -0.4 is 14.8 Å². The third-order valence-electron chi connectivity index (χ3n) is 3.51. The molecule has 2 N–H and O–H groups in total. The lowest BCUT2D eigenvalue weighted by Gasteiger charge is -2.12. The van der Waals surface area contributed by atoms with Gasteiger partial charge in [0.15, 0.2) is 0 Å². The number of methoxy groups -OCH3 is 1. The summed E-state index contributed by atoms with van der Waals surface area (Å²) >= 11 is 0. The van der Waals surface area contributed by atoms with Crippen molar-refractivity contribution in [2.24, 2.45) is 0 Å². The van der Waals surface area contributed by atoms with Crippen LogP contribution in [0.5, 0.6) is 5.75 Å². The van der Waals surface area contributed by atoms with Gasteiger partial charge in [-0.3, -0.25) is 9.52 Å². The Labute approximate surface area is 165 Å². The molecular weight excluding hydrogens is 413 g/mol. The summed E-state index contributed by atoms with van der Waals surface area (Å²) in [4.78, 5) is 12.3. The number of alkyl halides is 3. The number of hydrogen-bond donors (Lipinski definition) is 2. The molecule has 0 saturated heterocycles. The molecule has 0 unspecified atom stereocenters. The fraction of sp³-hybridized carbons (Fsp3) is 0.278. The maximum Gasteiger partial charge on any atom is 0.411 e. The van der Waals surface area contributed by atoms with Crippen molar-refractivity contribution in [3.8, 4) is 5.75 Å². The number of hydrogen-bond acceptors (Lipinski definition) is 5. The SMILES string of the molecule is COc1cc(NC(=O)c2ccc(COCC(F)(F)F)cc2)ccc1NS(C)(=O)=O. The summed E-state index contributed by atoms with van der Waals surface area (Å²) < 4.78 is 70.9. The molecule has 1 amide bonds. The van der Waals surface area contributed by atoms with Gasteiger partial charge in [-0.2, -0.15) is 13.2 Å². The van der Waals surface area contributed by atoms with Crippen LogP contribution in [0.25, 0.3) is 0 Å². The molecule has 0 saturated carbocycles. The van der Waals surface area contributed by atoms with Gasteiger partial charge in [-0.15, -0.1) is 0 Å². The van der Waals surface area contributed by atoms with Crippen LogP contribution in [0.15, 0.2) is 42.5 Å². The van der Waals surface area contributed by atoms with E-state index in [1.807, 2.05) is 0 Å². The Kier molecular flexibility index (Phi) is 7.09. The van der Waals surface area contributed by atoms with Gasteiger partial charge in [0.05, 0.1) is 25.7 Å². The molecule has 0 radical (unpaired) electrons. The van der Waals surface area contributed by atoms with E-state index in [1.165, 1.54) is 49.6 Å². The molecular formula is C18H19F3N2O5S. The van der Waals surface area contributed by atoms with Crippen LogP contribution in [0, 0.1) is 0 Å². The van der Waals surface area contributed by atoms with Crippen LogP contribution in [-0.4, -0.2) is 40.5 Å². The number of carbonyl (C=O) groups excluding carboxylic acids is 1. The second-order valence-corrected chi connectivity index (χ2v) is 7.80. The lowest BCUT2D eigenvalue weighted by Crippen LogP contribution is -2.16. The van der Waals surface area contributed by atoms with Crippen LogP contribution in [0.1, 0.15) is 15.9 Å². The second-order valence-electron chi connectivity index (χ2n) is 6.05. The topological polar surface area (TPSA) is 93.7 Å². The van der Waals surface area contributed by atoms with E-state index in [1.54, 1.807) is 0 Å². The van der Waals surface area contributed by atoms with Crippen LogP contribution in [0.4, 0.5) is 24.5 Å². The molecule has 2 aromatic rings. The molecule has 158 valence electrons. The van der Waals surface area contributed by atoms with Gasteiger partial charge >= 0.3 is 6.18 Å². The third kappa shape index (κ3) is 7.62. The van der Waals surface area contributed by atoms with Crippen molar-refractivity contribution < 1.29 is 35.9 Å². The minimum atomic E-state index is -4.40. The highest BCUT2D eigenvalue weighted by molar-refractivity contribution is 7.92. The summed E-state index contributed by atoms with van der Waals surface area (Å²) in [6.45, 7) is -1.57. The number of carbonyl (C=O) groups is 1. The first-order chi connectivity index (χ1) is 13.5. The zero-order valence-electron chi connectivity index (χ0n) is 15.5. The molecule has 7 nitrogen and oxygen atoms in total. The zero-order chi connectivity index (χ0) is 21.7. The highest BCUT2D eigenvalue weighted by Crippen LogP contribution is 2.29. The Bertz CT molecular complexity index is 960. The van der Waals surface area contributed by atoms with Crippen molar-refractivity contribution in [2.45, 2.75) is 12.8 Å². The molecule has 0 aliphatic rings. The average molecular weight is 432 g/mol. The number of rotatable bonds is 8. The monoisotopic (exact) mass is 432 g/mol. The van der Waals surface area contributed by atoms with Gasteiger partial charge < -0.3 is 14.8 Å². The fourth-order valence-corrected chi connectivity index (χ4v) is 2.86. The molecule has 0 aromatic heterocycles. The first kappa shape index (κ1) is 22.5. The standard InChI is InChI=1S/C18H19F3N2O5S/c1-27-16-9-14(7-8-15(16)23-29(2,25)26)22-17(24)13-5-3-12(4-6-13)10-28-11-18(19,20)21/h3-9,23H,10-11H2,1-2H3,(H,22,24). The van der Waals surface area contributed by atoms with Crippen molar-refractivity contribution in [1.82, 2.24) is 0 Å². The summed E-state index contributed by atoms with van der Waals surface area (Å²) in [6.07, 6.45) is -3.40. The van der Waals surface area contributed by atoms with Crippen molar-refractivity contribution in [1.29, 1.82) is 0 Å². The van der Waals surface area contributed by atoms with Crippen molar-refractivity contribution in [3.63, 3.8) is 0 Å². The van der Waals surface area contributed by atoms with E-state index in [2.05, 4.69) is 14.8 Å². The Hall–Kier alpha value is -2.79. The predicted molar refractivity (Wildman–Crippen MR) is 102 cm³/mol. The van der Waals surface area contributed by atoms with Gasteiger partial charge in [0.1, 0.15) is 12.4 Å². The molecule has 2 aromatic carbocycles. The normalized spacial score (nSPS) is 11.8. The van der Waals surface area contributed by atoms with E-state index in [9.17, 15) is 26.4 Å². The van der Waals surface area contributed by atoms with Crippen LogP contribution in [0.2, 0.25) is 0 Å². The number of nitrogens with one attached hydrogen (secondary N) is 2. The smallest absolute Gasteiger partial charge is 0.411 e. The highest BCUT2D eigenvalue weighted by atomic mass is 32.2. The first-order valence-corrected chi connectivity index (χ1v) is 10.1. The number of halogens is 3. The quantitative estimate of drug-likeness (QED) is 0.667. The average Bonchev–Trinajstić information content (AvgIpc) is 2.61. The molecule has 11 heteroatoms. The zero-order valence-corrected chi connectivity index (χ0v) is 16.4. The lowest BCUT2D eigenvalue weighted by atomic mass is 10.1. The van der Waals surface area contributed by atoms with E-state index < -0.39 is 28.7 Å². The minimum Gasteiger partial charge on any atom is -0.494 e. The van der Waals surface area contributed by atoms with Gasteiger partial charge in [0.2, 0.25) is 10.0 Å². The third-order valence-corrected chi connectivity index (χ3v) is 4.10. The molecule has 0 atom stereocenters. The Balaban J connectivity index is 2.02. The summed E-state index contributed by atoms with van der Waals surface area (Å²) in [7, 11) is -2.14. The molecule has 0 spiro atoms. The molecule has 2 rings (SSSR count). The number of amides is 1. The number of benzene rings is 2. The fourth-order valence-electron chi connectivity index (χ4n) is 2.29. The number of anilines is 2. The van der Waals surface area contributed by atoms with Crippen molar-refractivity contribution in [3.05, 3.63) is 53.6 Å². The number of sulfonamides is 1. The predicted octanol–water partition coefficient (Wildman–Crippen LogP) is 3.40. The Morgan fingerprint density at radius 2 is 1.76 bits per heavy atom. The summed E-state index contributed by atoms with van der Waals surface area (Å²) in [6, 6.07) is 10.3.